The first-order valence-electron chi connectivity index (χ1n) is 4.82. The second-order valence-electron chi connectivity index (χ2n) is 3.46. The van der Waals surface area contributed by atoms with Crippen molar-refractivity contribution in [1.29, 1.82) is 0 Å². The van der Waals surface area contributed by atoms with Crippen molar-refractivity contribution in [1.82, 2.24) is 0 Å². The third-order valence-corrected chi connectivity index (χ3v) is 2.97. The molecule has 0 atom stereocenters. The number of hydrogen-bond acceptors (Lipinski definition) is 2. The van der Waals surface area contributed by atoms with Gasteiger partial charge in [0.1, 0.15) is 0 Å². The minimum atomic E-state index is 0.00343. The monoisotopic (exact) mass is 323 g/mol. The number of ketones is 1. The summed E-state index contributed by atoms with van der Waals surface area (Å²) in [4.78, 5) is 12.1. The Morgan fingerprint density at radius 3 is 2.31 bits per heavy atom. The van der Waals surface area contributed by atoms with E-state index in [9.17, 15) is 4.79 Å². The number of benzene rings is 2. The Labute approximate surface area is 108 Å². The number of hydrogen-bond donors (Lipinski definition) is 1. The lowest BCUT2D eigenvalue weighted by Gasteiger charge is -2.02. The van der Waals surface area contributed by atoms with Crippen molar-refractivity contribution >= 4 is 34.1 Å². The van der Waals surface area contributed by atoms with Crippen LogP contribution in [0.1, 0.15) is 15.9 Å². The molecule has 0 heterocycles. The Morgan fingerprint density at radius 1 is 1.00 bits per heavy atom. The van der Waals surface area contributed by atoms with Crippen molar-refractivity contribution in [2.75, 3.05) is 5.73 Å². The summed E-state index contributed by atoms with van der Waals surface area (Å²) >= 11 is 2.21. The number of carbonyl (C=O) groups excluding carboxylic acids is 1. The highest BCUT2D eigenvalue weighted by Crippen LogP contribution is 2.14. The predicted octanol–water partition coefficient (Wildman–Crippen LogP) is 3.10. The number of anilines is 1. The zero-order valence-electron chi connectivity index (χ0n) is 8.48. The van der Waals surface area contributed by atoms with Crippen LogP contribution in [0.5, 0.6) is 0 Å². The van der Waals surface area contributed by atoms with Crippen LogP contribution >= 0.6 is 22.6 Å². The van der Waals surface area contributed by atoms with E-state index in [4.69, 9.17) is 5.73 Å². The van der Waals surface area contributed by atoms with Gasteiger partial charge in [0, 0.05) is 20.4 Å². The highest BCUT2D eigenvalue weighted by molar-refractivity contribution is 14.1. The van der Waals surface area contributed by atoms with Gasteiger partial charge in [-0.15, -0.1) is 0 Å². The average Bonchev–Trinajstić information content (AvgIpc) is 2.29. The Hall–Kier alpha value is -1.36. The van der Waals surface area contributed by atoms with Crippen molar-refractivity contribution < 1.29 is 4.79 Å². The molecular formula is C13H10INO. The maximum Gasteiger partial charge on any atom is 0.193 e. The van der Waals surface area contributed by atoms with Gasteiger partial charge in [-0.05, 0) is 59.0 Å². The second kappa shape index (κ2) is 4.65. The zero-order chi connectivity index (χ0) is 11.5. The lowest BCUT2D eigenvalue weighted by molar-refractivity contribution is 0.103. The quantitative estimate of drug-likeness (QED) is 0.524. The maximum absolute atomic E-state index is 12.1. The normalized spacial score (nSPS) is 10.1. The van der Waals surface area contributed by atoms with E-state index in [1.165, 1.54) is 0 Å². The van der Waals surface area contributed by atoms with Crippen LogP contribution in [0.3, 0.4) is 0 Å². The molecule has 0 spiro atoms. The van der Waals surface area contributed by atoms with Crippen LogP contribution in [0.4, 0.5) is 5.69 Å². The molecule has 2 nitrogen and oxygen atoms in total. The van der Waals surface area contributed by atoms with Crippen LogP contribution in [-0.2, 0) is 0 Å². The van der Waals surface area contributed by atoms with Crippen molar-refractivity contribution in [3.63, 3.8) is 0 Å². The molecule has 16 heavy (non-hydrogen) atoms. The molecule has 2 N–H and O–H groups in total. The van der Waals surface area contributed by atoms with Crippen LogP contribution in [0, 0.1) is 3.57 Å². The molecule has 0 bridgehead atoms. The van der Waals surface area contributed by atoms with Crippen molar-refractivity contribution in [2.24, 2.45) is 0 Å². The molecule has 0 aliphatic rings. The summed E-state index contributed by atoms with van der Waals surface area (Å²) in [5.74, 6) is 0.00343. The van der Waals surface area contributed by atoms with Crippen molar-refractivity contribution in [2.45, 2.75) is 0 Å². The van der Waals surface area contributed by atoms with Gasteiger partial charge in [-0.25, -0.2) is 0 Å². The fraction of sp³-hybridized carbons (Fsp3) is 0. The minimum absolute atomic E-state index is 0.00343. The summed E-state index contributed by atoms with van der Waals surface area (Å²) in [6.07, 6.45) is 0. The largest absolute Gasteiger partial charge is 0.399 e. The third kappa shape index (κ3) is 2.41. The Morgan fingerprint density at radius 2 is 1.69 bits per heavy atom. The Bertz CT molecular complexity index is 520. The zero-order valence-corrected chi connectivity index (χ0v) is 10.6. The Kier molecular flexibility index (Phi) is 3.24. The fourth-order valence-electron chi connectivity index (χ4n) is 1.45. The molecule has 0 aliphatic heterocycles. The van der Waals surface area contributed by atoms with Crippen LogP contribution in [0.2, 0.25) is 0 Å². The molecule has 0 saturated heterocycles. The summed E-state index contributed by atoms with van der Waals surface area (Å²) < 4.78 is 1.11. The summed E-state index contributed by atoms with van der Waals surface area (Å²) in [5.41, 5.74) is 7.57. The number of rotatable bonds is 2. The van der Waals surface area contributed by atoms with Gasteiger partial charge in [-0.3, -0.25) is 4.79 Å². The van der Waals surface area contributed by atoms with Crippen LogP contribution in [0.15, 0.2) is 48.5 Å². The summed E-state index contributed by atoms with van der Waals surface area (Å²) in [5, 5.41) is 0. The third-order valence-electron chi connectivity index (χ3n) is 2.26. The van der Waals surface area contributed by atoms with Crippen LogP contribution in [-0.4, -0.2) is 5.78 Å². The van der Waals surface area contributed by atoms with Crippen molar-refractivity contribution in [3.05, 3.63) is 63.2 Å². The molecule has 0 aromatic heterocycles. The molecule has 2 aromatic rings. The standard InChI is InChI=1S/C13H10INO/c14-11-6-4-9(5-7-11)13(16)10-2-1-3-12(15)8-10/h1-8H,15H2. The molecule has 80 valence electrons. The Balaban J connectivity index is 2.35. The van der Waals surface area contributed by atoms with Gasteiger partial charge in [-0.1, -0.05) is 12.1 Å². The molecule has 0 unspecified atom stereocenters. The van der Waals surface area contributed by atoms with E-state index >= 15 is 0 Å². The highest BCUT2D eigenvalue weighted by atomic mass is 127. The topological polar surface area (TPSA) is 43.1 Å². The number of nitrogens with two attached hydrogens (primary N) is 1. The van der Waals surface area contributed by atoms with Gasteiger partial charge >= 0.3 is 0 Å². The number of halogens is 1. The van der Waals surface area contributed by atoms with Crippen LogP contribution < -0.4 is 5.73 Å². The lowest BCUT2D eigenvalue weighted by Crippen LogP contribution is -2.01. The SMILES string of the molecule is Nc1cccc(C(=O)c2ccc(I)cc2)c1. The fourth-order valence-corrected chi connectivity index (χ4v) is 1.81. The molecule has 2 rings (SSSR count). The summed E-state index contributed by atoms with van der Waals surface area (Å²) in [6.45, 7) is 0. The lowest BCUT2D eigenvalue weighted by atomic mass is 10.0. The van der Waals surface area contributed by atoms with E-state index in [-0.39, 0.29) is 5.78 Å². The van der Waals surface area contributed by atoms with E-state index in [0.29, 0.717) is 16.8 Å². The smallest absolute Gasteiger partial charge is 0.193 e. The van der Waals surface area contributed by atoms with Gasteiger partial charge in [-0.2, -0.15) is 0 Å². The number of carbonyl (C=O) groups is 1. The molecule has 0 aliphatic carbocycles. The minimum Gasteiger partial charge on any atom is -0.399 e. The van der Waals surface area contributed by atoms with E-state index in [1.54, 1.807) is 24.3 Å². The van der Waals surface area contributed by atoms with E-state index in [1.807, 2.05) is 24.3 Å². The van der Waals surface area contributed by atoms with Gasteiger partial charge in [0.05, 0.1) is 0 Å². The molecule has 0 radical (unpaired) electrons. The molecule has 0 saturated carbocycles. The van der Waals surface area contributed by atoms with Crippen molar-refractivity contribution in [3.8, 4) is 0 Å². The highest BCUT2D eigenvalue weighted by Gasteiger charge is 2.08. The molecule has 3 heteroatoms. The first-order chi connectivity index (χ1) is 7.66. The van der Waals surface area contributed by atoms with Gasteiger partial charge in [0.2, 0.25) is 0 Å². The van der Waals surface area contributed by atoms with Gasteiger partial charge < -0.3 is 5.73 Å². The predicted molar refractivity (Wildman–Crippen MR) is 73.4 cm³/mol. The van der Waals surface area contributed by atoms with Gasteiger partial charge in [0.15, 0.2) is 5.78 Å². The summed E-state index contributed by atoms with van der Waals surface area (Å²) in [6, 6.07) is 14.5. The van der Waals surface area contributed by atoms with Crippen LogP contribution in [0.25, 0.3) is 0 Å². The molecular weight excluding hydrogens is 313 g/mol. The summed E-state index contributed by atoms with van der Waals surface area (Å²) in [7, 11) is 0. The molecule has 0 amide bonds. The average molecular weight is 323 g/mol. The van der Waals surface area contributed by atoms with Gasteiger partial charge in [0.25, 0.3) is 0 Å². The molecule has 0 fully saturated rings. The second-order valence-corrected chi connectivity index (χ2v) is 4.71. The van der Waals surface area contributed by atoms with E-state index in [2.05, 4.69) is 22.6 Å². The first kappa shape index (κ1) is 11.1. The maximum atomic E-state index is 12.1. The number of nitrogen functional groups attached to an aromatic ring is 1. The van der Waals surface area contributed by atoms with E-state index in [0.717, 1.165) is 3.57 Å². The van der Waals surface area contributed by atoms with E-state index < -0.39 is 0 Å². The first-order valence-corrected chi connectivity index (χ1v) is 5.90. The molecule has 2 aromatic carbocycles.